The molecule has 0 aliphatic carbocycles. The van der Waals surface area contributed by atoms with Crippen LogP contribution < -0.4 is 14.8 Å². The molecular formula is C24H17BrClN3O5. The molecule has 3 aromatic rings. The number of non-ortho nitro benzene ring substituents is 1. The Morgan fingerprint density at radius 1 is 1.24 bits per heavy atom. The van der Waals surface area contributed by atoms with Crippen LogP contribution in [-0.4, -0.2) is 17.9 Å². The Hall–Kier alpha value is -3.87. The number of nitrogens with one attached hydrogen (secondary N) is 1. The van der Waals surface area contributed by atoms with E-state index in [0.29, 0.717) is 17.1 Å². The Balaban J connectivity index is 1.83. The molecular weight excluding hydrogens is 526 g/mol. The number of benzene rings is 3. The van der Waals surface area contributed by atoms with E-state index in [1.807, 2.05) is 30.3 Å². The Morgan fingerprint density at radius 3 is 2.68 bits per heavy atom. The molecule has 0 radical (unpaired) electrons. The lowest BCUT2D eigenvalue weighted by Crippen LogP contribution is -2.13. The second-order valence-electron chi connectivity index (χ2n) is 6.85. The van der Waals surface area contributed by atoms with E-state index in [4.69, 9.17) is 21.1 Å². The zero-order valence-electron chi connectivity index (χ0n) is 17.7. The first-order chi connectivity index (χ1) is 16.3. The van der Waals surface area contributed by atoms with E-state index in [2.05, 4.69) is 21.2 Å². The number of nitrogens with zero attached hydrogens (tertiary/aromatic N) is 2. The number of nitro groups is 1. The zero-order valence-corrected chi connectivity index (χ0v) is 20.1. The Bertz CT molecular complexity index is 1320. The molecule has 0 aromatic heterocycles. The molecule has 3 aromatic carbocycles. The summed E-state index contributed by atoms with van der Waals surface area (Å²) < 4.78 is 12.1. The number of halogens is 2. The topological polar surface area (TPSA) is 114 Å². The molecule has 3 rings (SSSR count). The fraction of sp³-hybridized carbons (Fsp3) is 0.0833. The van der Waals surface area contributed by atoms with Gasteiger partial charge in [0.2, 0.25) is 0 Å². The SMILES string of the molecule is COc1cc(/C=C(\C#N)C(=O)Nc2cccc([N+](=O)[O-])c2)cc(Cl)c1OCc1ccccc1Br. The molecule has 10 heteroatoms. The highest BCUT2D eigenvalue weighted by atomic mass is 79.9. The van der Waals surface area contributed by atoms with E-state index in [0.717, 1.165) is 10.0 Å². The number of amides is 1. The maximum absolute atomic E-state index is 12.6. The maximum atomic E-state index is 12.6. The van der Waals surface area contributed by atoms with Crippen LogP contribution in [0.1, 0.15) is 11.1 Å². The number of rotatable bonds is 8. The molecule has 0 saturated carbocycles. The second kappa shape index (κ2) is 11.3. The molecule has 8 nitrogen and oxygen atoms in total. The molecule has 0 aliphatic rings. The van der Waals surface area contributed by atoms with Gasteiger partial charge in [-0.1, -0.05) is 51.8 Å². The summed E-state index contributed by atoms with van der Waals surface area (Å²) in [7, 11) is 1.45. The molecule has 172 valence electrons. The largest absolute Gasteiger partial charge is 0.493 e. The van der Waals surface area contributed by atoms with Gasteiger partial charge in [0, 0.05) is 27.9 Å². The van der Waals surface area contributed by atoms with E-state index >= 15 is 0 Å². The highest BCUT2D eigenvalue weighted by Crippen LogP contribution is 2.38. The van der Waals surface area contributed by atoms with Crippen molar-refractivity contribution in [2.24, 2.45) is 0 Å². The number of anilines is 1. The lowest BCUT2D eigenvalue weighted by molar-refractivity contribution is -0.384. The monoisotopic (exact) mass is 541 g/mol. The number of nitro benzene ring substituents is 1. The van der Waals surface area contributed by atoms with E-state index in [1.54, 1.807) is 6.07 Å². The van der Waals surface area contributed by atoms with Gasteiger partial charge < -0.3 is 14.8 Å². The van der Waals surface area contributed by atoms with Gasteiger partial charge in [-0.25, -0.2) is 0 Å². The number of carbonyl (C=O) groups excluding carboxylic acids is 1. The summed E-state index contributed by atoms with van der Waals surface area (Å²) in [6.45, 7) is 0.238. The predicted molar refractivity (Wildman–Crippen MR) is 132 cm³/mol. The van der Waals surface area contributed by atoms with Crippen LogP contribution in [0.4, 0.5) is 11.4 Å². The maximum Gasteiger partial charge on any atom is 0.271 e. The Morgan fingerprint density at radius 2 is 2.00 bits per heavy atom. The molecule has 0 spiro atoms. The van der Waals surface area contributed by atoms with Crippen LogP contribution in [0.15, 0.2) is 70.7 Å². The predicted octanol–water partition coefficient (Wildman–Crippen LogP) is 6.14. The summed E-state index contributed by atoms with van der Waals surface area (Å²) in [5, 5.41) is 23.1. The smallest absolute Gasteiger partial charge is 0.271 e. The van der Waals surface area contributed by atoms with Crippen LogP contribution in [0.3, 0.4) is 0 Å². The second-order valence-corrected chi connectivity index (χ2v) is 8.11. The van der Waals surface area contributed by atoms with Crippen molar-refractivity contribution in [1.82, 2.24) is 0 Å². The van der Waals surface area contributed by atoms with Gasteiger partial charge in [-0.3, -0.25) is 14.9 Å². The van der Waals surface area contributed by atoms with Gasteiger partial charge in [-0.05, 0) is 35.9 Å². The quantitative estimate of drug-likeness (QED) is 0.158. The summed E-state index contributed by atoms with van der Waals surface area (Å²) in [6, 6.07) is 17.9. The molecule has 0 aliphatic heterocycles. The average molecular weight is 543 g/mol. The summed E-state index contributed by atoms with van der Waals surface area (Å²) in [5.74, 6) is -0.0915. The molecule has 0 fully saturated rings. The number of carbonyl (C=O) groups is 1. The standard InChI is InChI=1S/C24H17BrClN3O5/c1-33-22-11-15(10-21(26)23(22)34-14-16-5-2-3-8-20(16)25)9-17(13-27)24(30)28-18-6-4-7-19(12-18)29(31)32/h2-12H,14H2,1H3,(H,28,30)/b17-9+. The first kappa shape index (κ1) is 24.8. The molecule has 1 amide bonds. The number of hydrogen-bond donors (Lipinski definition) is 1. The van der Waals surface area contributed by atoms with Gasteiger partial charge in [0.1, 0.15) is 18.2 Å². The summed E-state index contributed by atoms with van der Waals surface area (Å²) >= 11 is 9.87. The van der Waals surface area contributed by atoms with E-state index in [1.165, 1.54) is 43.5 Å². The summed E-state index contributed by atoms with van der Waals surface area (Å²) in [6.07, 6.45) is 1.33. The zero-order chi connectivity index (χ0) is 24.7. The van der Waals surface area contributed by atoms with Crippen molar-refractivity contribution in [2.45, 2.75) is 6.61 Å². The van der Waals surface area contributed by atoms with Crippen LogP contribution in [0.5, 0.6) is 11.5 Å². The van der Waals surface area contributed by atoms with Crippen molar-refractivity contribution in [3.8, 4) is 17.6 Å². The lowest BCUT2D eigenvalue weighted by Gasteiger charge is -2.14. The third-order valence-corrected chi connectivity index (χ3v) is 5.63. The van der Waals surface area contributed by atoms with Crippen molar-refractivity contribution in [1.29, 1.82) is 5.26 Å². The minimum absolute atomic E-state index is 0.185. The highest BCUT2D eigenvalue weighted by Gasteiger charge is 2.16. The number of ether oxygens (including phenoxy) is 2. The first-order valence-corrected chi connectivity index (χ1v) is 10.9. The molecule has 1 N–H and O–H groups in total. The molecule has 0 heterocycles. The fourth-order valence-electron chi connectivity index (χ4n) is 2.94. The van der Waals surface area contributed by atoms with Crippen molar-refractivity contribution in [3.05, 3.63) is 97.0 Å². The Labute approximate surface area is 208 Å². The van der Waals surface area contributed by atoms with Crippen LogP contribution in [0.25, 0.3) is 6.08 Å². The van der Waals surface area contributed by atoms with Crippen molar-refractivity contribution >= 4 is 50.9 Å². The van der Waals surface area contributed by atoms with Crippen molar-refractivity contribution < 1.29 is 19.2 Å². The molecule has 0 atom stereocenters. The van der Waals surface area contributed by atoms with Crippen LogP contribution >= 0.6 is 27.5 Å². The normalized spacial score (nSPS) is 10.8. The molecule has 0 bridgehead atoms. The average Bonchev–Trinajstić information content (AvgIpc) is 2.82. The third kappa shape index (κ3) is 6.13. The van der Waals surface area contributed by atoms with E-state index in [9.17, 15) is 20.2 Å². The molecule has 0 unspecified atom stereocenters. The minimum Gasteiger partial charge on any atom is -0.493 e. The highest BCUT2D eigenvalue weighted by molar-refractivity contribution is 9.10. The van der Waals surface area contributed by atoms with Crippen molar-refractivity contribution in [2.75, 3.05) is 12.4 Å². The minimum atomic E-state index is -0.729. The van der Waals surface area contributed by atoms with Crippen LogP contribution in [-0.2, 0) is 11.4 Å². The van der Waals surface area contributed by atoms with Gasteiger partial charge >= 0.3 is 0 Å². The van der Waals surface area contributed by atoms with Gasteiger partial charge in [0.25, 0.3) is 11.6 Å². The van der Waals surface area contributed by atoms with Crippen LogP contribution in [0, 0.1) is 21.4 Å². The van der Waals surface area contributed by atoms with Gasteiger partial charge in [0.05, 0.1) is 17.1 Å². The van der Waals surface area contributed by atoms with Gasteiger partial charge in [-0.15, -0.1) is 0 Å². The van der Waals surface area contributed by atoms with E-state index < -0.39 is 10.8 Å². The van der Waals surface area contributed by atoms with Crippen molar-refractivity contribution in [3.63, 3.8) is 0 Å². The number of hydrogen-bond acceptors (Lipinski definition) is 6. The van der Waals surface area contributed by atoms with Crippen LogP contribution in [0.2, 0.25) is 5.02 Å². The number of methoxy groups -OCH3 is 1. The Kier molecular flexibility index (Phi) is 8.24. The van der Waals surface area contributed by atoms with Gasteiger partial charge in [0.15, 0.2) is 11.5 Å². The fourth-order valence-corrected chi connectivity index (χ4v) is 3.61. The number of nitriles is 1. The first-order valence-electron chi connectivity index (χ1n) is 9.73. The van der Waals surface area contributed by atoms with Gasteiger partial charge in [-0.2, -0.15) is 5.26 Å². The third-order valence-electron chi connectivity index (χ3n) is 4.57. The lowest BCUT2D eigenvalue weighted by atomic mass is 10.1. The van der Waals surface area contributed by atoms with E-state index in [-0.39, 0.29) is 28.6 Å². The summed E-state index contributed by atoms with van der Waals surface area (Å²) in [5.41, 5.74) is 1.11. The molecule has 0 saturated heterocycles. The summed E-state index contributed by atoms with van der Waals surface area (Å²) in [4.78, 5) is 22.9. The molecule has 34 heavy (non-hydrogen) atoms.